The highest BCUT2D eigenvalue weighted by molar-refractivity contribution is 7.89. The van der Waals surface area contributed by atoms with E-state index in [0.29, 0.717) is 17.3 Å². The number of nitrogens with zero attached hydrogens (tertiary/aromatic N) is 1. The van der Waals surface area contributed by atoms with E-state index < -0.39 is 16.1 Å². The van der Waals surface area contributed by atoms with Gasteiger partial charge in [-0.25, -0.2) is 13.1 Å². The number of ketones is 1. The van der Waals surface area contributed by atoms with Gasteiger partial charge in [0.1, 0.15) is 5.78 Å². The Morgan fingerprint density at radius 1 is 1.30 bits per heavy atom. The SMILES string of the molecule is CCC(=O)C(C)NS(=O)(=O)c1cccc2ncccc12. The van der Waals surface area contributed by atoms with Crippen LogP contribution in [0.15, 0.2) is 41.4 Å². The molecule has 0 saturated heterocycles. The Morgan fingerprint density at radius 2 is 2.05 bits per heavy atom. The molecule has 0 spiro atoms. The Morgan fingerprint density at radius 3 is 2.75 bits per heavy atom. The molecule has 2 rings (SSSR count). The smallest absolute Gasteiger partial charge is 0.241 e. The molecule has 0 radical (unpaired) electrons. The number of hydrogen-bond acceptors (Lipinski definition) is 4. The number of carbonyl (C=O) groups excluding carboxylic acids is 1. The van der Waals surface area contributed by atoms with E-state index in [4.69, 9.17) is 0 Å². The van der Waals surface area contributed by atoms with E-state index >= 15 is 0 Å². The van der Waals surface area contributed by atoms with Gasteiger partial charge in [0.05, 0.1) is 16.5 Å². The standard InChI is InChI=1S/C14H16N2O3S/c1-3-13(17)10(2)16-20(18,19)14-8-4-7-12-11(14)6-5-9-15-12/h4-10,16H,3H2,1-2H3. The number of sulfonamides is 1. The molecule has 0 aliphatic carbocycles. The number of pyridine rings is 1. The summed E-state index contributed by atoms with van der Waals surface area (Å²) in [4.78, 5) is 15.8. The summed E-state index contributed by atoms with van der Waals surface area (Å²) in [6, 6.07) is 7.53. The lowest BCUT2D eigenvalue weighted by Crippen LogP contribution is -2.38. The molecule has 106 valence electrons. The molecule has 2 aromatic rings. The lowest BCUT2D eigenvalue weighted by atomic mass is 10.2. The second kappa shape index (κ2) is 5.68. The maximum Gasteiger partial charge on any atom is 0.241 e. The molecule has 6 heteroatoms. The van der Waals surface area contributed by atoms with Gasteiger partial charge in [-0.05, 0) is 31.2 Å². The Balaban J connectivity index is 2.45. The van der Waals surface area contributed by atoms with E-state index in [-0.39, 0.29) is 10.7 Å². The van der Waals surface area contributed by atoms with Crippen LogP contribution in [0.5, 0.6) is 0 Å². The predicted molar refractivity (Wildman–Crippen MR) is 76.8 cm³/mol. The maximum atomic E-state index is 12.4. The van der Waals surface area contributed by atoms with Crippen LogP contribution in [-0.4, -0.2) is 25.2 Å². The van der Waals surface area contributed by atoms with Crippen molar-refractivity contribution in [3.05, 3.63) is 36.5 Å². The van der Waals surface area contributed by atoms with Crippen molar-refractivity contribution in [1.29, 1.82) is 0 Å². The minimum absolute atomic E-state index is 0.138. The van der Waals surface area contributed by atoms with Crippen LogP contribution in [0.1, 0.15) is 20.3 Å². The molecule has 1 heterocycles. The van der Waals surface area contributed by atoms with Crippen molar-refractivity contribution < 1.29 is 13.2 Å². The number of Topliss-reactive ketones (excluding diaryl/α,β-unsaturated/α-hetero) is 1. The van der Waals surface area contributed by atoms with Gasteiger partial charge in [0.25, 0.3) is 0 Å². The van der Waals surface area contributed by atoms with Crippen molar-refractivity contribution >= 4 is 26.7 Å². The number of aromatic nitrogens is 1. The van der Waals surface area contributed by atoms with E-state index in [1.807, 2.05) is 0 Å². The van der Waals surface area contributed by atoms with Gasteiger partial charge in [-0.1, -0.05) is 13.0 Å². The molecule has 0 saturated carbocycles. The molecule has 20 heavy (non-hydrogen) atoms. The summed E-state index contributed by atoms with van der Waals surface area (Å²) in [6.07, 6.45) is 1.90. The summed E-state index contributed by atoms with van der Waals surface area (Å²) in [5.41, 5.74) is 0.602. The lowest BCUT2D eigenvalue weighted by Gasteiger charge is -2.13. The van der Waals surface area contributed by atoms with E-state index in [2.05, 4.69) is 9.71 Å². The van der Waals surface area contributed by atoms with Gasteiger partial charge in [-0.2, -0.15) is 0 Å². The largest absolute Gasteiger partial charge is 0.298 e. The lowest BCUT2D eigenvalue weighted by molar-refractivity contribution is -0.119. The van der Waals surface area contributed by atoms with E-state index in [1.165, 1.54) is 6.07 Å². The molecule has 0 aliphatic rings. The van der Waals surface area contributed by atoms with Gasteiger partial charge in [-0.3, -0.25) is 9.78 Å². The van der Waals surface area contributed by atoms with Gasteiger partial charge in [0, 0.05) is 18.0 Å². The first-order valence-electron chi connectivity index (χ1n) is 6.34. The number of hydrogen-bond donors (Lipinski definition) is 1. The first kappa shape index (κ1) is 14.6. The number of benzene rings is 1. The van der Waals surface area contributed by atoms with Crippen molar-refractivity contribution in [3.63, 3.8) is 0 Å². The van der Waals surface area contributed by atoms with Crippen molar-refractivity contribution in [2.75, 3.05) is 0 Å². The predicted octanol–water partition coefficient (Wildman–Crippen LogP) is 1.88. The second-order valence-electron chi connectivity index (χ2n) is 4.49. The summed E-state index contributed by atoms with van der Waals surface area (Å²) in [5, 5.41) is 0.540. The van der Waals surface area contributed by atoms with Crippen LogP contribution in [0.25, 0.3) is 10.9 Å². The normalized spacial score (nSPS) is 13.3. The van der Waals surface area contributed by atoms with Crippen molar-refractivity contribution in [1.82, 2.24) is 9.71 Å². The highest BCUT2D eigenvalue weighted by Gasteiger charge is 2.22. The minimum atomic E-state index is -3.75. The number of rotatable bonds is 5. The van der Waals surface area contributed by atoms with Crippen LogP contribution in [0, 0.1) is 0 Å². The molecule has 0 bridgehead atoms. The molecular weight excluding hydrogens is 276 g/mol. The van der Waals surface area contributed by atoms with Crippen LogP contribution < -0.4 is 4.72 Å². The van der Waals surface area contributed by atoms with Gasteiger partial charge in [0.15, 0.2) is 0 Å². The van der Waals surface area contributed by atoms with Gasteiger partial charge in [0.2, 0.25) is 10.0 Å². The second-order valence-corrected chi connectivity index (χ2v) is 6.17. The topological polar surface area (TPSA) is 76.1 Å². The Labute approximate surface area is 118 Å². The number of fused-ring (bicyclic) bond motifs is 1. The summed E-state index contributed by atoms with van der Waals surface area (Å²) >= 11 is 0. The van der Waals surface area contributed by atoms with E-state index in [9.17, 15) is 13.2 Å². The zero-order valence-electron chi connectivity index (χ0n) is 11.3. The van der Waals surface area contributed by atoms with Gasteiger partial charge in [-0.15, -0.1) is 0 Å². The molecule has 1 N–H and O–H groups in total. The fraction of sp³-hybridized carbons (Fsp3) is 0.286. The summed E-state index contributed by atoms with van der Waals surface area (Å²) in [5.74, 6) is -0.146. The summed E-state index contributed by atoms with van der Waals surface area (Å²) < 4.78 is 27.2. The first-order chi connectivity index (χ1) is 9.45. The summed E-state index contributed by atoms with van der Waals surface area (Å²) in [7, 11) is -3.75. The van der Waals surface area contributed by atoms with Crippen molar-refractivity contribution in [2.24, 2.45) is 0 Å². The Bertz CT molecular complexity index is 736. The third-order valence-corrected chi connectivity index (χ3v) is 4.66. The fourth-order valence-corrected chi connectivity index (χ4v) is 3.42. The van der Waals surface area contributed by atoms with Crippen molar-refractivity contribution in [2.45, 2.75) is 31.2 Å². The molecule has 0 amide bonds. The Kier molecular flexibility index (Phi) is 4.15. The number of nitrogens with one attached hydrogen (secondary N) is 1. The highest BCUT2D eigenvalue weighted by atomic mass is 32.2. The molecule has 1 aromatic carbocycles. The quantitative estimate of drug-likeness (QED) is 0.913. The molecule has 5 nitrogen and oxygen atoms in total. The molecule has 0 aliphatic heterocycles. The highest BCUT2D eigenvalue weighted by Crippen LogP contribution is 2.21. The van der Waals surface area contributed by atoms with Crippen molar-refractivity contribution in [3.8, 4) is 0 Å². The molecule has 1 unspecified atom stereocenters. The third kappa shape index (κ3) is 2.86. The molecular formula is C14H16N2O3S. The average molecular weight is 292 g/mol. The zero-order chi connectivity index (χ0) is 14.8. The van der Waals surface area contributed by atoms with E-state index in [0.717, 1.165) is 0 Å². The third-order valence-electron chi connectivity index (χ3n) is 3.06. The summed E-state index contributed by atoms with van der Waals surface area (Å²) in [6.45, 7) is 3.25. The fourth-order valence-electron chi connectivity index (χ4n) is 1.98. The van der Waals surface area contributed by atoms with Crippen LogP contribution in [0.2, 0.25) is 0 Å². The van der Waals surface area contributed by atoms with Gasteiger partial charge < -0.3 is 0 Å². The molecule has 0 fully saturated rings. The maximum absolute atomic E-state index is 12.4. The van der Waals surface area contributed by atoms with Crippen LogP contribution in [0.4, 0.5) is 0 Å². The number of carbonyl (C=O) groups is 1. The Hall–Kier alpha value is -1.79. The van der Waals surface area contributed by atoms with Crippen LogP contribution in [0.3, 0.4) is 0 Å². The van der Waals surface area contributed by atoms with E-state index in [1.54, 1.807) is 44.3 Å². The van der Waals surface area contributed by atoms with Crippen LogP contribution in [-0.2, 0) is 14.8 Å². The minimum Gasteiger partial charge on any atom is -0.298 e. The van der Waals surface area contributed by atoms with Crippen LogP contribution >= 0.6 is 0 Å². The zero-order valence-corrected chi connectivity index (χ0v) is 12.1. The average Bonchev–Trinajstić information content (AvgIpc) is 2.45. The monoisotopic (exact) mass is 292 g/mol. The molecule has 1 atom stereocenters. The van der Waals surface area contributed by atoms with Gasteiger partial charge >= 0.3 is 0 Å². The molecule has 1 aromatic heterocycles. The first-order valence-corrected chi connectivity index (χ1v) is 7.83.